The predicted octanol–water partition coefficient (Wildman–Crippen LogP) is 6.06. The summed E-state index contributed by atoms with van der Waals surface area (Å²) in [7, 11) is 2.74. The molecule has 2 amide bonds. The van der Waals surface area contributed by atoms with Crippen molar-refractivity contribution in [2.45, 2.75) is 24.5 Å². The van der Waals surface area contributed by atoms with E-state index in [1.807, 2.05) is 0 Å². The molecule has 1 saturated heterocycles. The summed E-state index contributed by atoms with van der Waals surface area (Å²) < 4.78 is 38.1. The fourth-order valence-electron chi connectivity index (χ4n) is 5.77. The number of amides is 2. The Balaban J connectivity index is 1.67. The maximum atomic E-state index is 14.4. The molecule has 7 nitrogen and oxygen atoms in total. The first kappa shape index (κ1) is 29.4. The van der Waals surface area contributed by atoms with Gasteiger partial charge >= 0.3 is 6.09 Å². The predicted molar refractivity (Wildman–Crippen MR) is 155 cm³/mol. The van der Waals surface area contributed by atoms with Crippen molar-refractivity contribution in [1.29, 1.82) is 0 Å². The van der Waals surface area contributed by atoms with Crippen LogP contribution in [-0.2, 0) is 16.1 Å². The van der Waals surface area contributed by atoms with Gasteiger partial charge in [-0.15, -0.1) is 0 Å². The molecule has 0 bridgehead atoms. The molecule has 1 aliphatic rings. The molecule has 4 atom stereocenters. The van der Waals surface area contributed by atoms with E-state index < -0.39 is 47.6 Å². The molecule has 0 radical (unpaired) electrons. The van der Waals surface area contributed by atoms with Crippen LogP contribution in [-0.4, -0.2) is 42.9 Å². The molecule has 5 rings (SSSR count). The van der Waals surface area contributed by atoms with E-state index >= 15 is 0 Å². The number of ketones is 1. The Bertz CT molecular complexity index is 1580. The number of hydrogen-bond acceptors (Lipinski definition) is 5. The largest absolute Gasteiger partial charge is 0.497 e. The van der Waals surface area contributed by atoms with Gasteiger partial charge in [-0.25, -0.2) is 13.6 Å². The Labute approximate surface area is 248 Å². The topological polar surface area (TPSA) is 84.9 Å². The van der Waals surface area contributed by atoms with Gasteiger partial charge in [0.25, 0.3) is 0 Å². The Kier molecular flexibility index (Phi) is 8.80. The van der Waals surface area contributed by atoms with Crippen LogP contribution in [0.3, 0.4) is 0 Å². The molecular weight excluding hydrogens is 554 g/mol. The highest BCUT2D eigenvalue weighted by molar-refractivity contribution is 6.01. The van der Waals surface area contributed by atoms with Crippen molar-refractivity contribution in [2.24, 2.45) is 5.92 Å². The molecule has 1 fully saturated rings. The number of ether oxygens (including phenoxy) is 2. The van der Waals surface area contributed by atoms with Gasteiger partial charge in [-0.05, 0) is 53.1 Å². The lowest BCUT2D eigenvalue weighted by molar-refractivity contribution is -0.126. The van der Waals surface area contributed by atoms with Gasteiger partial charge in [0.1, 0.15) is 23.4 Å². The highest BCUT2D eigenvalue weighted by Gasteiger charge is 2.57. The minimum atomic E-state index is -1.22. The zero-order chi connectivity index (χ0) is 30.5. The van der Waals surface area contributed by atoms with Crippen LogP contribution in [0, 0.1) is 17.6 Å². The third kappa shape index (κ3) is 6.11. The Morgan fingerprint density at radius 2 is 1.35 bits per heavy atom. The Morgan fingerprint density at radius 1 is 0.767 bits per heavy atom. The van der Waals surface area contributed by atoms with Crippen molar-refractivity contribution in [3.05, 3.63) is 137 Å². The van der Waals surface area contributed by atoms with Crippen molar-refractivity contribution < 1.29 is 32.6 Å². The number of methoxy groups -OCH3 is 2. The SMILES string of the molecule is COC(=O)N1C(C(=O)NCc2ccc(F)cc2)C(c2ccc(F)cc2)C(C(=O)c2ccccc2)C1c1ccc(OC)cc1. The molecular formula is C34H30F2N2O5. The van der Waals surface area contributed by atoms with Gasteiger partial charge in [-0.1, -0.05) is 66.7 Å². The van der Waals surface area contributed by atoms with Crippen LogP contribution in [0.4, 0.5) is 13.6 Å². The summed E-state index contributed by atoms with van der Waals surface area (Å²) in [5.74, 6) is -3.01. The summed E-state index contributed by atoms with van der Waals surface area (Å²) >= 11 is 0. The van der Waals surface area contributed by atoms with E-state index in [9.17, 15) is 23.2 Å². The minimum absolute atomic E-state index is 0.0469. The highest BCUT2D eigenvalue weighted by atomic mass is 19.1. The van der Waals surface area contributed by atoms with E-state index in [4.69, 9.17) is 9.47 Å². The molecule has 0 aliphatic carbocycles. The first-order valence-electron chi connectivity index (χ1n) is 13.7. The fraction of sp³-hybridized carbons (Fsp3) is 0.206. The highest BCUT2D eigenvalue weighted by Crippen LogP contribution is 2.51. The van der Waals surface area contributed by atoms with E-state index in [2.05, 4.69) is 5.32 Å². The average Bonchev–Trinajstić information content (AvgIpc) is 3.40. The first-order valence-corrected chi connectivity index (χ1v) is 13.7. The van der Waals surface area contributed by atoms with Gasteiger partial charge in [-0.2, -0.15) is 0 Å². The second kappa shape index (κ2) is 12.9. The van der Waals surface area contributed by atoms with Crippen LogP contribution in [0.25, 0.3) is 0 Å². The van der Waals surface area contributed by atoms with Crippen molar-refractivity contribution in [3.8, 4) is 5.75 Å². The smallest absolute Gasteiger partial charge is 0.410 e. The first-order chi connectivity index (χ1) is 20.8. The van der Waals surface area contributed by atoms with Crippen LogP contribution in [0.2, 0.25) is 0 Å². The zero-order valence-electron chi connectivity index (χ0n) is 23.6. The standard InChI is InChI=1S/C34H30F2N2O5/c1-42-27-18-12-23(13-19-27)30-29(32(39)24-6-4-3-5-7-24)28(22-10-16-26(36)17-11-22)31(38(30)34(41)43-2)33(40)37-20-21-8-14-25(35)15-9-21/h3-19,28-31H,20H2,1-2H3,(H,37,40). The molecule has 1 heterocycles. The van der Waals surface area contributed by atoms with Crippen LogP contribution in [0.15, 0.2) is 103 Å². The van der Waals surface area contributed by atoms with E-state index in [0.29, 0.717) is 28.0 Å². The van der Waals surface area contributed by atoms with Gasteiger partial charge in [0.2, 0.25) is 5.91 Å². The van der Waals surface area contributed by atoms with Gasteiger partial charge in [0, 0.05) is 18.0 Å². The van der Waals surface area contributed by atoms with E-state index in [1.54, 1.807) is 66.7 Å². The number of nitrogens with one attached hydrogen (secondary N) is 1. The number of carbonyl (C=O) groups excluding carboxylic acids is 3. The lowest BCUT2D eigenvalue weighted by Gasteiger charge is -2.30. The molecule has 0 spiro atoms. The molecule has 0 saturated carbocycles. The number of Topliss-reactive ketones (excluding diaryl/α,β-unsaturated/α-hetero) is 1. The van der Waals surface area contributed by atoms with Gasteiger partial charge in [-0.3, -0.25) is 14.5 Å². The van der Waals surface area contributed by atoms with Crippen molar-refractivity contribution >= 4 is 17.8 Å². The summed E-state index contributed by atoms with van der Waals surface area (Å²) in [5, 5.41) is 2.85. The second-order valence-corrected chi connectivity index (χ2v) is 10.2. The van der Waals surface area contributed by atoms with E-state index in [1.165, 1.54) is 55.5 Å². The second-order valence-electron chi connectivity index (χ2n) is 10.2. The summed E-state index contributed by atoms with van der Waals surface area (Å²) in [6.45, 7) is 0.0469. The minimum Gasteiger partial charge on any atom is -0.497 e. The molecule has 1 aliphatic heterocycles. The lowest BCUT2D eigenvalue weighted by Crippen LogP contribution is -2.48. The van der Waals surface area contributed by atoms with E-state index in [-0.39, 0.29) is 12.3 Å². The normalized spacial score (nSPS) is 19.5. The molecule has 9 heteroatoms. The third-order valence-electron chi connectivity index (χ3n) is 7.77. The zero-order valence-corrected chi connectivity index (χ0v) is 23.6. The monoisotopic (exact) mass is 584 g/mol. The molecule has 4 aromatic rings. The van der Waals surface area contributed by atoms with Crippen LogP contribution < -0.4 is 10.1 Å². The number of likely N-dealkylation sites (tertiary alicyclic amines) is 1. The van der Waals surface area contributed by atoms with Crippen molar-refractivity contribution in [3.63, 3.8) is 0 Å². The fourth-order valence-corrected chi connectivity index (χ4v) is 5.77. The number of halogens is 2. The average molecular weight is 585 g/mol. The quantitative estimate of drug-likeness (QED) is 0.255. The van der Waals surface area contributed by atoms with Crippen LogP contribution >= 0.6 is 0 Å². The molecule has 220 valence electrons. The van der Waals surface area contributed by atoms with Gasteiger partial charge in [0.15, 0.2) is 5.78 Å². The Hall–Kier alpha value is -5.05. The molecule has 4 unspecified atom stereocenters. The van der Waals surface area contributed by atoms with E-state index in [0.717, 1.165) is 0 Å². The van der Waals surface area contributed by atoms with Gasteiger partial charge < -0.3 is 14.8 Å². The van der Waals surface area contributed by atoms with Crippen molar-refractivity contribution in [1.82, 2.24) is 10.2 Å². The third-order valence-corrected chi connectivity index (χ3v) is 7.77. The number of carbonyl (C=O) groups is 3. The number of nitrogens with zero attached hydrogens (tertiary/aromatic N) is 1. The summed E-state index contributed by atoms with van der Waals surface area (Å²) in [6, 6.07) is 24.6. The number of benzene rings is 4. The number of rotatable bonds is 8. The molecule has 43 heavy (non-hydrogen) atoms. The van der Waals surface area contributed by atoms with Crippen LogP contribution in [0.1, 0.15) is 39.0 Å². The Morgan fingerprint density at radius 3 is 1.93 bits per heavy atom. The van der Waals surface area contributed by atoms with Crippen LogP contribution in [0.5, 0.6) is 5.75 Å². The summed E-state index contributed by atoms with van der Waals surface area (Å²) in [6.07, 6.45) is -0.807. The maximum absolute atomic E-state index is 14.4. The summed E-state index contributed by atoms with van der Waals surface area (Å²) in [4.78, 5) is 43.4. The maximum Gasteiger partial charge on any atom is 0.410 e. The molecule has 1 N–H and O–H groups in total. The summed E-state index contributed by atoms with van der Waals surface area (Å²) in [5.41, 5.74) is 2.12. The van der Waals surface area contributed by atoms with Gasteiger partial charge in [0.05, 0.1) is 26.2 Å². The lowest BCUT2D eigenvalue weighted by atomic mass is 9.76. The van der Waals surface area contributed by atoms with Crippen molar-refractivity contribution in [2.75, 3.05) is 14.2 Å². The number of hydrogen-bond donors (Lipinski definition) is 1. The molecule has 4 aromatic carbocycles. The molecule has 0 aromatic heterocycles.